The van der Waals surface area contributed by atoms with E-state index in [0.717, 1.165) is 0 Å². The molecule has 1 saturated heterocycles. The SMILES string of the molecule is CC(C)C(NC(=O)CCN(C)C1CCS(=O)(=O)C1)C(=O)O. The molecule has 2 unspecified atom stereocenters. The third-order valence-corrected chi connectivity index (χ3v) is 5.52. The van der Waals surface area contributed by atoms with Gasteiger partial charge in [-0.3, -0.25) is 4.79 Å². The second-order valence-corrected chi connectivity index (χ2v) is 8.14. The molecule has 0 aromatic carbocycles. The van der Waals surface area contributed by atoms with E-state index >= 15 is 0 Å². The minimum atomic E-state index is -2.94. The topological polar surface area (TPSA) is 104 Å². The number of hydrogen-bond donors (Lipinski definition) is 2. The van der Waals surface area contributed by atoms with Crippen LogP contribution in [0.25, 0.3) is 0 Å². The van der Waals surface area contributed by atoms with Gasteiger partial charge < -0.3 is 15.3 Å². The summed E-state index contributed by atoms with van der Waals surface area (Å²) in [5, 5.41) is 11.5. The van der Waals surface area contributed by atoms with Gasteiger partial charge in [0.1, 0.15) is 6.04 Å². The molecule has 21 heavy (non-hydrogen) atoms. The van der Waals surface area contributed by atoms with Gasteiger partial charge in [0.2, 0.25) is 5.91 Å². The number of hydrogen-bond acceptors (Lipinski definition) is 5. The molecular weight excluding hydrogens is 296 g/mol. The number of carboxylic acids is 1. The predicted molar refractivity (Wildman–Crippen MR) is 78.7 cm³/mol. The van der Waals surface area contributed by atoms with E-state index in [-0.39, 0.29) is 35.8 Å². The Morgan fingerprint density at radius 2 is 2.00 bits per heavy atom. The van der Waals surface area contributed by atoms with Gasteiger partial charge in [-0.25, -0.2) is 13.2 Å². The Morgan fingerprint density at radius 3 is 2.43 bits per heavy atom. The summed E-state index contributed by atoms with van der Waals surface area (Å²) in [6.45, 7) is 3.87. The van der Waals surface area contributed by atoms with Crippen molar-refractivity contribution in [2.45, 2.75) is 38.8 Å². The Bertz CT molecular complexity index is 489. The summed E-state index contributed by atoms with van der Waals surface area (Å²) < 4.78 is 22.8. The number of nitrogens with zero attached hydrogens (tertiary/aromatic N) is 1. The lowest BCUT2D eigenvalue weighted by atomic mass is 10.0. The number of amides is 1. The van der Waals surface area contributed by atoms with Gasteiger partial charge in [0.05, 0.1) is 11.5 Å². The van der Waals surface area contributed by atoms with Crippen LogP contribution in [0.5, 0.6) is 0 Å². The average Bonchev–Trinajstić information content (AvgIpc) is 2.72. The lowest BCUT2D eigenvalue weighted by Crippen LogP contribution is -2.45. The molecule has 0 bridgehead atoms. The van der Waals surface area contributed by atoms with Crippen LogP contribution in [0.2, 0.25) is 0 Å². The largest absolute Gasteiger partial charge is 0.480 e. The number of rotatable bonds is 7. The highest BCUT2D eigenvalue weighted by Crippen LogP contribution is 2.16. The molecule has 122 valence electrons. The van der Waals surface area contributed by atoms with Crippen molar-refractivity contribution >= 4 is 21.7 Å². The van der Waals surface area contributed by atoms with E-state index in [1.807, 2.05) is 4.90 Å². The maximum Gasteiger partial charge on any atom is 0.326 e. The zero-order chi connectivity index (χ0) is 16.2. The molecule has 7 nitrogen and oxygen atoms in total. The van der Waals surface area contributed by atoms with Gasteiger partial charge in [-0.2, -0.15) is 0 Å². The fourth-order valence-electron chi connectivity index (χ4n) is 2.34. The van der Waals surface area contributed by atoms with Crippen molar-refractivity contribution in [3.63, 3.8) is 0 Å². The molecule has 0 spiro atoms. The fourth-order valence-corrected chi connectivity index (χ4v) is 4.15. The molecule has 0 aliphatic carbocycles. The minimum Gasteiger partial charge on any atom is -0.480 e. The van der Waals surface area contributed by atoms with Gasteiger partial charge in [-0.05, 0) is 19.4 Å². The minimum absolute atomic E-state index is 0.0526. The van der Waals surface area contributed by atoms with Crippen LogP contribution < -0.4 is 5.32 Å². The van der Waals surface area contributed by atoms with E-state index in [0.29, 0.717) is 13.0 Å². The summed E-state index contributed by atoms with van der Waals surface area (Å²) in [4.78, 5) is 24.6. The lowest BCUT2D eigenvalue weighted by molar-refractivity contribution is -0.143. The van der Waals surface area contributed by atoms with Crippen molar-refractivity contribution in [2.75, 3.05) is 25.1 Å². The second-order valence-electron chi connectivity index (χ2n) is 5.91. The molecule has 0 saturated carbocycles. The van der Waals surface area contributed by atoms with E-state index in [9.17, 15) is 18.0 Å². The monoisotopic (exact) mass is 320 g/mol. The number of nitrogens with one attached hydrogen (secondary N) is 1. The van der Waals surface area contributed by atoms with Crippen molar-refractivity contribution in [3.8, 4) is 0 Å². The van der Waals surface area contributed by atoms with Gasteiger partial charge in [-0.15, -0.1) is 0 Å². The highest BCUT2D eigenvalue weighted by atomic mass is 32.2. The molecule has 0 radical (unpaired) electrons. The number of carboxylic acid groups (broad SMARTS) is 1. The third-order valence-electron chi connectivity index (χ3n) is 3.77. The highest BCUT2D eigenvalue weighted by Gasteiger charge is 2.31. The third kappa shape index (κ3) is 5.62. The maximum atomic E-state index is 11.8. The van der Waals surface area contributed by atoms with Gasteiger partial charge in [0, 0.05) is 19.0 Å². The summed E-state index contributed by atoms with van der Waals surface area (Å²) in [5.41, 5.74) is 0. The average molecular weight is 320 g/mol. The molecular formula is C13H24N2O5S. The highest BCUT2D eigenvalue weighted by molar-refractivity contribution is 7.91. The van der Waals surface area contributed by atoms with Crippen molar-refractivity contribution in [1.29, 1.82) is 0 Å². The molecule has 1 rings (SSSR count). The summed E-state index contributed by atoms with van der Waals surface area (Å²) in [5.74, 6) is -1.24. The van der Waals surface area contributed by atoms with E-state index in [1.165, 1.54) is 0 Å². The van der Waals surface area contributed by atoms with Gasteiger partial charge in [-0.1, -0.05) is 13.8 Å². The van der Waals surface area contributed by atoms with Crippen molar-refractivity contribution in [3.05, 3.63) is 0 Å². The Morgan fingerprint density at radius 1 is 1.38 bits per heavy atom. The van der Waals surface area contributed by atoms with E-state index in [4.69, 9.17) is 5.11 Å². The molecule has 2 N–H and O–H groups in total. The van der Waals surface area contributed by atoms with Crippen LogP contribution in [0.3, 0.4) is 0 Å². The van der Waals surface area contributed by atoms with Gasteiger partial charge in [0.25, 0.3) is 0 Å². The van der Waals surface area contributed by atoms with Crippen molar-refractivity contribution in [2.24, 2.45) is 5.92 Å². The van der Waals surface area contributed by atoms with Crippen LogP contribution >= 0.6 is 0 Å². The van der Waals surface area contributed by atoms with Crippen LogP contribution in [-0.2, 0) is 19.4 Å². The molecule has 2 atom stereocenters. The normalized spacial score (nSPS) is 22.4. The predicted octanol–water partition coefficient (Wildman–Crippen LogP) is -0.279. The van der Waals surface area contributed by atoms with Crippen LogP contribution in [0.4, 0.5) is 0 Å². The molecule has 1 aliphatic rings. The van der Waals surface area contributed by atoms with Crippen LogP contribution in [0.1, 0.15) is 26.7 Å². The first-order valence-corrected chi connectivity index (χ1v) is 8.87. The molecule has 0 aromatic rings. The molecule has 1 heterocycles. The van der Waals surface area contributed by atoms with Crippen LogP contribution in [0, 0.1) is 5.92 Å². The molecule has 0 aromatic heterocycles. The zero-order valence-electron chi connectivity index (χ0n) is 12.7. The summed E-state index contributed by atoms with van der Waals surface area (Å²) >= 11 is 0. The number of sulfone groups is 1. The quantitative estimate of drug-likeness (QED) is 0.669. The lowest BCUT2D eigenvalue weighted by Gasteiger charge is -2.23. The van der Waals surface area contributed by atoms with E-state index in [1.54, 1.807) is 20.9 Å². The Hall–Kier alpha value is -1.15. The van der Waals surface area contributed by atoms with Crippen LogP contribution in [0.15, 0.2) is 0 Å². The number of carbonyl (C=O) groups is 2. The Kier molecular flexibility index (Phi) is 6.15. The molecule has 8 heteroatoms. The first-order chi connectivity index (χ1) is 9.62. The smallest absolute Gasteiger partial charge is 0.326 e. The maximum absolute atomic E-state index is 11.8. The summed E-state index contributed by atoms with van der Waals surface area (Å²) in [6, 6.07) is -0.946. The Labute approximate surface area is 125 Å². The number of carbonyl (C=O) groups excluding carboxylic acids is 1. The fraction of sp³-hybridized carbons (Fsp3) is 0.846. The molecule has 1 aliphatic heterocycles. The first-order valence-electron chi connectivity index (χ1n) is 7.05. The summed E-state index contributed by atoms with van der Waals surface area (Å²) in [7, 11) is -1.15. The number of aliphatic carboxylic acids is 1. The van der Waals surface area contributed by atoms with E-state index in [2.05, 4.69) is 5.32 Å². The van der Waals surface area contributed by atoms with E-state index < -0.39 is 21.8 Å². The second kappa shape index (κ2) is 7.22. The van der Waals surface area contributed by atoms with Crippen molar-refractivity contribution in [1.82, 2.24) is 10.2 Å². The van der Waals surface area contributed by atoms with Crippen molar-refractivity contribution < 1.29 is 23.1 Å². The van der Waals surface area contributed by atoms with Gasteiger partial charge >= 0.3 is 5.97 Å². The Balaban J connectivity index is 2.41. The zero-order valence-corrected chi connectivity index (χ0v) is 13.5. The summed E-state index contributed by atoms with van der Waals surface area (Å²) in [6.07, 6.45) is 0.744. The van der Waals surface area contributed by atoms with Gasteiger partial charge in [0.15, 0.2) is 9.84 Å². The molecule has 1 amide bonds. The first kappa shape index (κ1) is 17.9. The molecule has 1 fully saturated rings. The van der Waals surface area contributed by atoms with Crippen LogP contribution in [-0.4, -0.2) is 67.5 Å². The standard InChI is InChI=1S/C13H24N2O5S/c1-9(2)12(13(17)18)14-11(16)4-6-15(3)10-5-7-21(19,20)8-10/h9-10,12H,4-8H2,1-3H3,(H,14,16)(H,17,18).